The van der Waals surface area contributed by atoms with E-state index in [-0.39, 0.29) is 5.65 Å². The van der Waals surface area contributed by atoms with E-state index in [1.54, 1.807) is 19.2 Å². The van der Waals surface area contributed by atoms with E-state index < -0.39 is 12.2 Å². The van der Waals surface area contributed by atoms with E-state index >= 15 is 0 Å². The summed E-state index contributed by atoms with van der Waals surface area (Å²) in [6.07, 6.45) is -1.12. The molecule has 0 saturated carbocycles. The molecule has 2 heterocycles. The van der Waals surface area contributed by atoms with Gasteiger partial charge in [0.25, 0.3) is 6.43 Å². The van der Waals surface area contributed by atoms with E-state index in [2.05, 4.69) is 10.1 Å². The molecule has 6 heteroatoms. The number of nitrogens with zero attached hydrogens (tertiary/aromatic N) is 3. The molecule has 2 aromatic heterocycles. The summed E-state index contributed by atoms with van der Waals surface area (Å²) in [5.41, 5.74) is 1.05. The van der Waals surface area contributed by atoms with Crippen molar-refractivity contribution in [3.8, 4) is 0 Å². The molecule has 2 aromatic rings. The van der Waals surface area contributed by atoms with Crippen LogP contribution in [0.3, 0.4) is 0 Å². The van der Waals surface area contributed by atoms with Gasteiger partial charge in [0.1, 0.15) is 0 Å². The highest BCUT2D eigenvalue weighted by Gasteiger charge is 2.15. The quantitative estimate of drug-likeness (QED) is 0.735. The molecule has 0 aliphatic carbocycles. The van der Waals surface area contributed by atoms with E-state index in [0.717, 1.165) is 5.56 Å². The van der Waals surface area contributed by atoms with Gasteiger partial charge in [0.2, 0.25) is 5.82 Å². The third kappa shape index (κ3) is 1.33. The Bertz CT molecular complexity index is 481. The SMILES string of the molecule is Cc1ccn2nc(C(F)F)nc2c1Cl. The van der Waals surface area contributed by atoms with Crippen LogP contribution in [0.1, 0.15) is 17.8 Å². The number of alkyl halides is 2. The van der Waals surface area contributed by atoms with Crippen LogP contribution in [-0.4, -0.2) is 14.6 Å². The van der Waals surface area contributed by atoms with Gasteiger partial charge in [-0.05, 0) is 18.6 Å². The molecule has 3 nitrogen and oxygen atoms in total. The molecule has 0 amide bonds. The van der Waals surface area contributed by atoms with Crippen molar-refractivity contribution in [3.05, 3.63) is 28.7 Å². The lowest BCUT2D eigenvalue weighted by Gasteiger charge is -1.96. The van der Waals surface area contributed by atoms with Crippen molar-refractivity contribution in [2.24, 2.45) is 0 Å². The molecule has 0 unspecified atom stereocenters. The van der Waals surface area contributed by atoms with Gasteiger partial charge in [-0.1, -0.05) is 11.6 Å². The van der Waals surface area contributed by atoms with Crippen LogP contribution >= 0.6 is 11.6 Å². The van der Waals surface area contributed by atoms with Crippen LogP contribution in [0, 0.1) is 6.92 Å². The first kappa shape index (κ1) is 9.33. The van der Waals surface area contributed by atoms with Crippen LogP contribution in [0.25, 0.3) is 5.65 Å². The molecular formula is C8H6ClF2N3. The second-order valence-corrected chi connectivity index (χ2v) is 3.23. The first-order valence-corrected chi connectivity index (χ1v) is 4.27. The molecule has 74 valence electrons. The zero-order chi connectivity index (χ0) is 10.3. The molecule has 0 spiro atoms. The van der Waals surface area contributed by atoms with Crippen LogP contribution < -0.4 is 0 Å². The van der Waals surface area contributed by atoms with Gasteiger partial charge in [0, 0.05) is 6.20 Å². The van der Waals surface area contributed by atoms with Gasteiger partial charge in [-0.25, -0.2) is 18.3 Å². The minimum absolute atomic E-state index is 0.266. The van der Waals surface area contributed by atoms with E-state index in [1.165, 1.54) is 4.52 Å². The van der Waals surface area contributed by atoms with E-state index in [4.69, 9.17) is 11.6 Å². The number of hydrogen-bond donors (Lipinski definition) is 0. The summed E-state index contributed by atoms with van der Waals surface area (Å²) in [5.74, 6) is -0.502. The van der Waals surface area contributed by atoms with Gasteiger partial charge in [-0.2, -0.15) is 0 Å². The smallest absolute Gasteiger partial charge is 0.219 e. The van der Waals surface area contributed by atoms with Crippen LogP contribution in [0.15, 0.2) is 12.3 Å². The molecular weight excluding hydrogens is 212 g/mol. The predicted octanol–water partition coefficient (Wildman–Crippen LogP) is 2.63. The summed E-state index contributed by atoms with van der Waals surface area (Å²) in [6.45, 7) is 1.78. The highest BCUT2D eigenvalue weighted by atomic mass is 35.5. The molecule has 0 aliphatic heterocycles. The maximum Gasteiger partial charge on any atom is 0.299 e. The summed E-state index contributed by atoms with van der Waals surface area (Å²) in [4.78, 5) is 3.64. The number of pyridine rings is 1. The van der Waals surface area contributed by atoms with Gasteiger partial charge in [0.15, 0.2) is 5.65 Å². The molecule has 0 bridgehead atoms. The summed E-state index contributed by atoms with van der Waals surface area (Å²) >= 11 is 5.88. The zero-order valence-corrected chi connectivity index (χ0v) is 7.96. The first-order chi connectivity index (χ1) is 6.59. The fraction of sp³-hybridized carbons (Fsp3) is 0.250. The molecule has 0 atom stereocenters. The van der Waals surface area contributed by atoms with Crippen molar-refractivity contribution in [1.29, 1.82) is 0 Å². The topological polar surface area (TPSA) is 30.2 Å². The normalized spacial score (nSPS) is 11.5. The summed E-state index contributed by atoms with van der Waals surface area (Å²) < 4.78 is 25.8. The molecule has 0 aliphatic rings. The summed E-state index contributed by atoms with van der Waals surface area (Å²) in [5, 5.41) is 3.94. The molecule has 0 fully saturated rings. The maximum atomic E-state index is 12.3. The Hall–Kier alpha value is -1.23. The monoisotopic (exact) mass is 217 g/mol. The van der Waals surface area contributed by atoms with Crippen molar-refractivity contribution in [1.82, 2.24) is 14.6 Å². The van der Waals surface area contributed by atoms with E-state index in [9.17, 15) is 8.78 Å². The number of aromatic nitrogens is 3. The molecule has 2 rings (SSSR count). The van der Waals surface area contributed by atoms with Gasteiger partial charge in [-0.15, -0.1) is 5.10 Å². The van der Waals surface area contributed by atoms with Gasteiger partial charge >= 0.3 is 0 Å². The number of aryl methyl sites for hydroxylation is 1. The highest BCUT2D eigenvalue weighted by molar-refractivity contribution is 6.34. The Labute approximate surface area is 83.3 Å². The van der Waals surface area contributed by atoms with Gasteiger partial charge < -0.3 is 0 Å². The third-order valence-corrected chi connectivity index (χ3v) is 2.32. The van der Waals surface area contributed by atoms with Crippen molar-refractivity contribution in [2.75, 3.05) is 0 Å². The lowest BCUT2D eigenvalue weighted by molar-refractivity contribution is 0.140. The Morgan fingerprint density at radius 1 is 1.50 bits per heavy atom. The van der Waals surface area contributed by atoms with Crippen LogP contribution in [0.2, 0.25) is 5.02 Å². The van der Waals surface area contributed by atoms with Crippen molar-refractivity contribution in [2.45, 2.75) is 13.3 Å². The largest absolute Gasteiger partial charge is 0.299 e. The minimum atomic E-state index is -2.67. The van der Waals surface area contributed by atoms with Gasteiger partial charge in [-0.3, -0.25) is 0 Å². The van der Waals surface area contributed by atoms with Gasteiger partial charge in [0.05, 0.1) is 5.02 Å². The van der Waals surface area contributed by atoms with E-state index in [1.807, 2.05) is 0 Å². The second kappa shape index (κ2) is 3.16. The average Bonchev–Trinajstić information content (AvgIpc) is 2.56. The fourth-order valence-corrected chi connectivity index (χ4v) is 1.31. The predicted molar refractivity (Wildman–Crippen MR) is 47.7 cm³/mol. The first-order valence-electron chi connectivity index (χ1n) is 3.89. The summed E-state index contributed by atoms with van der Waals surface area (Å²) in [7, 11) is 0. The number of fused-ring (bicyclic) bond motifs is 1. The lowest BCUT2D eigenvalue weighted by atomic mass is 10.3. The standard InChI is InChI=1S/C8H6ClF2N3/c1-4-2-3-14-8(5(4)9)12-7(13-14)6(10)11/h2-3,6H,1H3. The zero-order valence-electron chi connectivity index (χ0n) is 7.21. The third-order valence-electron chi connectivity index (χ3n) is 1.85. The fourth-order valence-electron chi connectivity index (χ4n) is 1.12. The Kier molecular flexibility index (Phi) is 2.11. The van der Waals surface area contributed by atoms with Crippen molar-refractivity contribution >= 4 is 17.2 Å². The Morgan fingerprint density at radius 2 is 2.21 bits per heavy atom. The Balaban J connectivity index is 2.71. The highest BCUT2D eigenvalue weighted by Crippen LogP contribution is 2.22. The van der Waals surface area contributed by atoms with Crippen LogP contribution in [0.5, 0.6) is 0 Å². The maximum absolute atomic E-state index is 12.3. The van der Waals surface area contributed by atoms with Crippen LogP contribution in [0.4, 0.5) is 8.78 Å². The molecule has 0 N–H and O–H groups in total. The second-order valence-electron chi connectivity index (χ2n) is 2.85. The van der Waals surface area contributed by atoms with Crippen LogP contribution in [-0.2, 0) is 0 Å². The average molecular weight is 218 g/mol. The molecule has 0 radical (unpaired) electrons. The number of rotatable bonds is 1. The van der Waals surface area contributed by atoms with E-state index in [0.29, 0.717) is 5.02 Å². The number of hydrogen-bond acceptors (Lipinski definition) is 2. The summed E-state index contributed by atoms with van der Waals surface area (Å²) in [6, 6.07) is 1.69. The minimum Gasteiger partial charge on any atom is -0.219 e. The van der Waals surface area contributed by atoms with Crippen molar-refractivity contribution in [3.63, 3.8) is 0 Å². The lowest BCUT2D eigenvalue weighted by Crippen LogP contribution is -1.90. The molecule has 14 heavy (non-hydrogen) atoms. The Morgan fingerprint density at radius 3 is 2.86 bits per heavy atom. The van der Waals surface area contributed by atoms with Crippen molar-refractivity contribution < 1.29 is 8.78 Å². The molecule has 0 saturated heterocycles. The number of halogens is 3. The molecule has 0 aromatic carbocycles.